The Balaban J connectivity index is 2.27. The molecule has 0 unspecified atom stereocenters. The predicted octanol–water partition coefficient (Wildman–Crippen LogP) is 2.88. The summed E-state index contributed by atoms with van der Waals surface area (Å²) < 4.78 is 22.6. The first-order chi connectivity index (χ1) is 9.79. The predicted molar refractivity (Wildman–Crippen MR) is 81.1 cm³/mol. The van der Waals surface area contributed by atoms with E-state index in [1.807, 2.05) is 0 Å². The van der Waals surface area contributed by atoms with Crippen molar-refractivity contribution >= 4 is 31.3 Å². The zero-order chi connectivity index (χ0) is 15.6. The number of nitrogens with one attached hydrogen (secondary N) is 1. The van der Waals surface area contributed by atoms with Crippen LogP contribution in [0, 0.1) is 13.8 Å². The van der Waals surface area contributed by atoms with Gasteiger partial charge in [-0.1, -0.05) is 6.07 Å². The van der Waals surface area contributed by atoms with Crippen molar-refractivity contribution in [3.05, 3.63) is 53.3 Å². The van der Waals surface area contributed by atoms with Crippen molar-refractivity contribution in [2.45, 2.75) is 18.7 Å². The molecule has 0 spiro atoms. The first-order valence-electron chi connectivity index (χ1n) is 6.07. The maximum atomic E-state index is 12.1. The van der Waals surface area contributed by atoms with Gasteiger partial charge in [0.25, 0.3) is 15.0 Å². The average molecular weight is 325 g/mol. The molecule has 110 valence electrons. The minimum Gasteiger partial charge on any atom is -0.321 e. The summed E-state index contributed by atoms with van der Waals surface area (Å²) in [6.07, 6.45) is 1.54. The molecular weight excluding hydrogens is 312 g/mol. The first kappa shape index (κ1) is 15.5. The quantitative estimate of drug-likeness (QED) is 0.881. The lowest BCUT2D eigenvalue weighted by Gasteiger charge is -2.09. The van der Waals surface area contributed by atoms with E-state index in [0.29, 0.717) is 16.9 Å². The second-order valence-electron chi connectivity index (χ2n) is 4.54. The SMILES string of the molecule is Cc1cc(NC(=O)c2ncccc2C)ccc1S(=O)(=O)Cl. The zero-order valence-corrected chi connectivity index (χ0v) is 13.0. The van der Waals surface area contributed by atoms with E-state index in [0.717, 1.165) is 5.56 Å². The van der Waals surface area contributed by atoms with Crippen LogP contribution in [-0.4, -0.2) is 19.3 Å². The van der Waals surface area contributed by atoms with Crippen molar-refractivity contribution in [2.75, 3.05) is 5.32 Å². The van der Waals surface area contributed by atoms with Gasteiger partial charge >= 0.3 is 0 Å². The van der Waals surface area contributed by atoms with E-state index in [1.165, 1.54) is 18.3 Å². The normalized spacial score (nSPS) is 11.2. The number of aromatic nitrogens is 1. The average Bonchev–Trinajstić information content (AvgIpc) is 2.37. The number of carbonyl (C=O) groups is 1. The second kappa shape index (κ2) is 5.83. The highest BCUT2D eigenvalue weighted by Gasteiger charge is 2.15. The molecule has 1 amide bonds. The molecule has 5 nitrogen and oxygen atoms in total. The lowest BCUT2D eigenvalue weighted by molar-refractivity contribution is 0.102. The van der Waals surface area contributed by atoms with Crippen LogP contribution in [0.15, 0.2) is 41.4 Å². The van der Waals surface area contributed by atoms with Crippen LogP contribution >= 0.6 is 10.7 Å². The first-order valence-corrected chi connectivity index (χ1v) is 8.38. The van der Waals surface area contributed by atoms with Gasteiger partial charge in [-0.15, -0.1) is 0 Å². The number of anilines is 1. The summed E-state index contributed by atoms with van der Waals surface area (Å²) in [5.74, 6) is -0.353. The number of benzene rings is 1. The van der Waals surface area contributed by atoms with Gasteiger partial charge in [-0.3, -0.25) is 9.78 Å². The summed E-state index contributed by atoms with van der Waals surface area (Å²) in [6, 6.07) is 7.93. The number of carbonyl (C=O) groups excluding carboxylic acids is 1. The van der Waals surface area contributed by atoms with Crippen molar-refractivity contribution in [2.24, 2.45) is 0 Å². The lowest BCUT2D eigenvalue weighted by Crippen LogP contribution is -2.15. The van der Waals surface area contributed by atoms with Crippen LogP contribution in [-0.2, 0) is 9.05 Å². The fourth-order valence-corrected chi connectivity index (χ4v) is 3.11. The highest BCUT2D eigenvalue weighted by atomic mass is 35.7. The molecular formula is C14H13ClN2O3S. The molecule has 1 aromatic carbocycles. The summed E-state index contributed by atoms with van der Waals surface area (Å²) >= 11 is 0. The summed E-state index contributed by atoms with van der Waals surface area (Å²) in [6.45, 7) is 3.40. The van der Waals surface area contributed by atoms with E-state index in [1.54, 1.807) is 32.0 Å². The molecule has 0 saturated carbocycles. The molecule has 0 atom stereocenters. The Kier molecular flexibility index (Phi) is 4.29. The Hall–Kier alpha value is -1.92. The van der Waals surface area contributed by atoms with Crippen LogP contribution in [0.5, 0.6) is 0 Å². The van der Waals surface area contributed by atoms with Gasteiger partial charge in [-0.2, -0.15) is 0 Å². The number of rotatable bonds is 3. The molecule has 1 N–H and O–H groups in total. The number of hydrogen-bond donors (Lipinski definition) is 1. The van der Waals surface area contributed by atoms with Crippen molar-refractivity contribution < 1.29 is 13.2 Å². The number of halogens is 1. The Bertz CT molecular complexity index is 804. The summed E-state index contributed by atoms with van der Waals surface area (Å²) in [4.78, 5) is 16.2. The lowest BCUT2D eigenvalue weighted by atomic mass is 10.2. The molecule has 0 bridgehead atoms. The van der Waals surface area contributed by atoms with Gasteiger partial charge < -0.3 is 5.32 Å². The Morgan fingerprint density at radius 2 is 1.90 bits per heavy atom. The van der Waals surface area contributed by atoms with Crippen molar-refractivity contribution in [1.29, 1.82) is 0 Å². The number of aryl methyl sites for hydroxylation is 2. The third-order valence-electron chi connectivity index (χ3n) is 2.92. The molecule has 1 aromatic heterocycles. The number of pyridine rings is 1. The summed E-state index contributed by atoms with van der Waals surface area (Å²) in [5.41, 5.74) is 2.02. The van der Waals surface area contributed by atoms with E-state index in [9.17, 15) is 13.2 Å². The maximum Gasteiger partial charge on any atom is 0.274 e. The maximum absolute atomic E-state index is 12.1. The minimum atomic E-state index is -3.79. The van der Waals surface area contributed by atoms with Crippen LogP contribution in [0.2, 0.25) is 0 Å². The van der Waals surface area contributed by atoms with Gasteiger partial charge in [-0.25, -0.2) is 8.42 Å². The van der Waals surface area contributed by atoms with Gasteiger partial charge in [0.15, 0.2) is 0 Å². The molecule has 2 aromatic rings. The standard InChI is InChI=1S/C14H13ClN2O3S/c1-9-4-3-7-16-13(9)14(18)17-11-5-6-12(10(2)8-11)21(15,19)20/h3-8H,1-2H3,(H,17,18). The van der Waals surface area contributed by atoms with Gasteiger partial charge in [0.05, 0.1) is 4.90 Å². The molecule has 0 aliphatic rings. The van der Waals surface area contributed by atoms with Crippen LogP contribution in [0.3, 0.4) is 0 Å². The van der Waals surface area contributed by atoms with Crippen LogP contribution < -0.4 is 5.32 Å². The van der Waals surface area contributed by atoms with Gasteiger partial charge in [0, 0.05) is 22.6 Å². The topological polar surface area (TPSA) is 76.1 Å². The fourth-order valence-electron chi connectivity index (χ4n) is 1.91. The number of nitrogens with zero attached hydrogens (tertiary/aromatic N) is 1. The molecule has 7 heteroatoms. The fraction of sp³-hybridized carbons (Fsp3) is 0.143. The van der Waals surface area contributed by atoms with E-state index in [2.05, 4.69) is 10.3 Å². The van der Waals surface area contributed by atoms with Gasteiger partial charge in [0.1, 0.15) is 5.69 Å². The second-order valence-corrected chi connectivity index (χ2v) is 7.08. The monoisotopic (exact) mass is 324 g/mol. The van der Waals surface area contributed by atoms with Crippen molar-refractivity contribution in [3.8, 4) is 0 Å². The minimum absolute atomic E-state index is 0.0242. The van der Waals surface area contributed by atoms with Crippen LogP contribution in [0.4, 0.5) is 5.69 Å². The zero-order valence-electron chi connectivity index (χ0n) is 11.4. The molecule has 0 radical (unpaired) electrons. The van der Waals surface area contributed by atoms with Crippen molar-refractivity contribution in [3.63, 3.8) is 0 Å². The number of hydrogen-bond acceptors (Lipinski definition) is 4. The molecule has 0 aliphatic heterocycles. The summed E-state index contributed by atoms with van der Waals surface area (Å²) in [5, 5.41) is 2.68. The molecule has 21 heavy (non-hydrogen) atoms. The van der Waals surface area contributed by atoms with Gasteiger partial charge in [0.2, 0.25) is 0 Å². The number of amides is 1. The highest BCUT2D eigenvalue weighted by Crippen LogP contribution is 2.23. The van der Waals surface area contributed by atoms with Crippen LogP contribution in [0.25, 0.3) is 0 Å². The summed E-state index contributed by atoms with van der Waals surface area (Å²) in [7, 11) is 1.52. The molecule has 0 fully saturated rings. The Morgan fingerprint density at radius 1 is 1.19 bits per heavy atom. The third kappa shape index (κ3) is 3.59. The Morgan fingerprint density at radius 3 is 2.48 bits per heavy atom. The molecule has 2 rings (SSSR count). The van der Waals surface area contributed by atoms with Crippen LogP contribution in [0.1, 0.15) is 21.6 Å². The van der Waals surface area contributed by atoms with E-state index >= 15 is 0 Å². The van der Waals surface area contributed by atoms with E-state index in [4.69, 9.17) is 10.7 Å². The Labute approximate surface area is 127 Å². The van der Waals surface area contributed by atoms with E-state index < -0.39 is 9.05 Å². The largest absolute Gasteiger partial charge is 0.321 e. The van der Waals surface area contributed by atoms with E-state index in [-0.39, 0.29) is 10.8 Å². The molecule has 0 aliphatic carbocycles. The van der Waals surface area contributed by atoms with Gasteiger partial charge in [-0.05, 0) is 49.2 Å². The third-order valence-corrected chi connectivity index (χ3v) is 4.40. The molecule has 1 heterocycles. The molecule has 0 saturated heterocycles. The smallest absolute Gasteiger partial charge is 0.274 e. The van der Waals surface area contributed by atoms with Crippen molar-refractivity contribution in [1.82, 2.24) is 4.98 Å². The highest BCUT2D eigenvalue weighted by molar-refractivity contribution is 8.13.